The van der Waals surface area contributed by atoms with Crippen LogP contribution in [0.2, 0.25) is 0 Å². The van der Waals surface area contributed by atoms with Gasteiger partial charge in [-0.25, -0.2) is 9.79 Å². The van der Waals surface area contributed by atoms with Crippen LogP contribution < -0.4 is 33.8 Å². The van der Waals surface area contributed by atoms with E-state index in [-0.39, 0.29) is 30.0 Å². The molecule has 1 aliphatic heterocycles. The first-order valence-electron chi connectivity index (χ1n) is 14.1. The lowest BCUT2D eigenvalue weighted by Gasteiger charge is -2.25. The van der Waals surface area contributed by atoms with Gasteiger partial charge in [0.2, 0.25) is 0 Å². The molecule has 0 radical (unpaired) electrons. The lowest BCUT2D eigenvalue weighted by molar-refractivity contribution is -0.384. The third-order valence-electron chi connectivity index (χ3n) is 7.27. The topological polar surface area (TPSA) is 141 Å². The van der Waals surface area contributed by atoms with E-state index in [2.05, 4.69) is 4.99 Å². The SMILES string of the molecule is CCOC(=O)C1=C(C)N=c2s/c(=C/c3ccc(OCc4ccc([N+](=O)[O-])cc4)c(OC)c3)c(=O)n2C1c1ccc(OC)c(OC)c1. The molecule has 3 aromatic carbocycles. The molecule has 5 rings (SSSR count). The van der Waals surface area contributed by atoms with Gasteiger partial charge in [-0.05, 0) is 73.0 Å². The number of aromatic nitrogens is 1. The number of nitro benzene ring substituents is 1. The van der Waals surface area contributed by atoms with Gasteiger partial charge >= 0.3 is 5.97 Å². The Morgan fingerprint density at radius 3 is 2.30 bits per heavy atom. The Morgan fingerprint density at radius 1 is 0.978 bits per heavy atom. The monoisotopic (exact) mass is 645 g/mol. The van der Waals surface area contributed by atoms with Crippen LogP contribution >= 0.6 is 11.3 Å². The van der Waals surface area contributed by atoms with Gasteiger partial charge in [0, 0.05) is 12.1 Å². The van der Waals surface area contributed by atoms with E-state index in [1.54, 1.807) is 68.5 Å². The number of fused-ring (bicyclic) bond motifs is 1. The molecule has 1 unspecified atom stereocenters. The molecular weight excluding hydrogens is 614 g/mol. The molecule has 0 amide bonds. The van der Waals surface area contributed by atoms with Gasteiger partial charge in [-0.1, -0.05) is 23.5 Å². The molecule has 46 heavy (non-hydrogen) atoms. The van der Waals surface area contributed by atoms with Crippen LogP contribution in [0.25, 0.3) is 6.08 Å². The van der Waals surface area contributed by atoms with Crippen molar-refractivity contribution in [1.29, 1.82) is 0 Å². The number of rotatable bonds is 11. The standard InChI is InChI=1S/C33H31N3O9S/c1-6-44-32(38)29-19(2)34-33-35(30(29)22-10-14-24(41-3)27(17-22)43-5)31(37)28(46-33)16-21-9-13-25(26(15-21)42-4)45-18-20-7-11-23(12-8-20)36(39)40/h7-17,30H,6,18H2,1-5H3/b28-16+. The predicted molar refractivity (Wildman–Crippen MR) is 170 cm³/mol. The van der Waals surface area contributed by atoms with Crippen molar-refractivity contribution in [2.24, 2.45) is 4.99 Å². The zero-order chi connectivity index (χ0) is 33.0. The molecule has 0 saturated carbocycles. The number of hydrogen-bond donors (Lipinski definition) is 0. The van der Waals surface area contributed by atoms with E-state index in [1.165, 1.54) is 49.4 Å². The van der Waals surface area contributed by atoms with Crippen molar-refractivity contribution in [2.45, 2.75) is 26.5 Å². The third-order valence-corrected chi connectivity index (χ3v) is 8.25. The Hall–Kier alpha value is -5.43. The van der Waals surface area contributed by atoms with E-state index in [0.29, 0.717) is 49.2 Å². The number of ether oxygens (including phenoxy) is 5. The predicted octanol–water partition coefficient (Wildman–Crippen LogP) is 4.31. The molecule has 1 atom stereocenters. The van der Waals surface area contributed by atoms with Gasteiger partial charge in [0.1, 0.15) is 6.61 Å². The highest BCUT2D eigenvalue weighted by molar-refractivity contribution is 7.07. The normalized spacial score (nSPS) is 14.3. The van der Waals surface area contributed by atoms with E-state index in [1.807, 2.05) is 0 Å². The summed E-state index contributed by atoms with van der Waals surface area (Å²) in [5, 5.41) is 10.9. The van der Waals surface area contributed by atoms with Crippen molar-refractivity contribution in [3.8, 4) is 23.0 Å². The maximum absolute atomic E-state index is 14.0. The number of nitrogens with zero attached hydrogens (tertiary/aromatic N) is 3. The molecule has 0 spiro atoms. The van der Waals surface area contributed by atoms with Crippen LogP contribution in [0.5, 0.6) is 23.0 Å². The van der Waals surface area contributed by atoms with Gasteiger partial charge in [0.25, 0.3) is 11.2 Å². The molecule has 0 N–H and O–H groups in total. The highest BCUT2D eigenvalue weighted by Gasteiger charge is 2.34. The summed E-state index contributed by atoms with van der Waals surface area (Å²) in [6.07, 6.45) is 1.72. The summed E-state index contributed by atoms with van der Waals surface area (Å²) in [5.41, 5.74) is 2.41. The number of esters is 1. The van der Waals surface area contributed by atoms with E-state index in [0.717, 1.165) is 5.56 Å². The van der Waals surface area contributed by atoms with Crippen LogP contribution in [-0.2, 0) is 16.1 Å². The summed E-state index contributed by atoms with van der Waals surface area (Å²) in [6, 6.07) is 15.8. The quantitative estimate of drug-likeness (QED) is 0.133. The molecule has 238 valence electrons. The van der Waals surface area contributed by atoms with Crippen LogP contribution in [0.4, 0.5) is 5.69 Å². The summed E-state index contributed by atoms with van der Waals surface area (Å²) < 4.78 is 29.6. The highest BCUT2D eigenvalue weighted by atomic mass is 32.1. The molecule has 0 fully saturated rings. The van der Waals surface area contributed by atoms with Gasteiger partial charge in [-0.15, -0.1) is 0 Å². The number of benzene rings is 3. The minimum absolute atomic E-state index is 0.00159. The molecule has 2 heterocycles. The van der Waals surface area contributed by atoms with Crippen LogP contribution in [-0.4, -0.2) is 43.4 Å². The van der Waals surface area contributed by atoms with Crippen molar-refractivity contribution in [3.63, 3.8) is 0 Å². The van der Waals surface area contributed by atoms with Crippen molar-refractivity contribution >= 4 is 29.1 Å². The van der Waals surface area contributed by atoms with Crippen molar-refractivity contribution in [2.75, 3.05) is 27.9 Å². The third kappa shape index (κ3) is 6.35. The number of carbonyl (C=O) groups is 1. The lowest BCUT2D eigenvalue weighted by atomic mass is 9.95. The number of carbonyl (C=O) groups excluding carboxylic acids is 1. The molecule has 1 aromatic heterocycles. The number of thiazole rings is 1. The molecule has 0 saturated heterocycles. The van der Waals surface area contributed by atoms with Gasteiger partial charge < -0.3 is 23.7 Å². The molecule has 0 aliphatic carbocycles. The second-order valence-electron chi connectivity index (χ2n) is 10.0. The molecule has 4 aromatic rings. The second kappa shape index (κ2) is 13.7. The number of nitro groups is 1. The second-order valence-corrected chi connectivity index (χ2v) is 11.0. The maximum Gasteiger partial charge on any atom is 0.338 e. The van der Waals surface area contributed by atoms with Gasteiger partial charge in [-0.2, -0.15) is 0 Å². The molecule has 0 bridgehead atoms. The van der Waals surface area contributed by atoms with Crippen molar-refractivity contribution in [3.05, 3.63) is 118 Å². The highest BCUT2D eigenvalue weighted by Crippen LogP contribution is 2.36. The molecule has 1 aliphatic rings. The first-order chi connectivity index (χ1) is 22.2. The molecule has 12 nitrogen and oxygen atoms in total. The average Bonchev–Trinajstić information content (AvgIpc) is 3.36. The first kappa shape index (κ1) is 32.0. The lowest BCUT2D eigenvalue weighted by Crippen LogP contribution is -2.39. The number of allylic oxidation sites excluding steroid dienone is 1. The fourth-order valence-corrected chi connectivity index (χ4v) is 6.10. The van der Waals surface area contributed by atoms with Crippen LogP contribution in [0.3, 0.4) is 0 Å². The zero-order valence-corrected chi connectivity index (χ0v) is 26.6. The largest absolute Gasteiger partial charge is 0.493 e. The maximum atomic E-state index is 14.0. The Labute approximate surface area is 267 Å². The van der Waals surface area contributed by atoms with Gasteiger partial charge in [-0.3, -0.25) is 19.5 Å². The van der Waals surface area contributed by atoms with Gasteiger partial charge in [0.05, 0.1) is 54.7 Å². The Balaban J connectivity index is 1.53. The van der Waals surface area contributed by atoms with Crippen molar-refractivity contribution < 1.29 is 33.4 Å². The van der Waals surface area contributed by atoms with E-state index in [4.69, 9.17) is 23.7 Å². The number of non-ortho nitro benzene ring substituents is 1. The zero-order valence-electron chi connectivity index (χ0n) is 25.8. The Kier molecular flexibility index (Phi) is 9.52. The molecule has 13 heteroatoms. The summed E-state index contributed by atoms with van der Waals surface area (Å²) >= 11 is 1.20. The Bertz CT molecular complexity index is 2010. The summed E-state index contributed by atoms with van der Waals surface area (Å²) in [7, 11) is 4.55. The van der Waals surface area contributed by atoms with E-state index < -0.39 is 16.9 Å². The fourth-order valence-electron chi connectivity index (χ4n) is 5.05. The first-order valence-corrected chi connectivity index (χ1v) is 15.0. The average molecular weight is 646 g/mol. The summed E-state index contributed by atoms with van der Waals surface area (Å²) in [4.78, 5) is 42.7. The molecular formula is C33H31N3O9S. The van der Waals surface area contributed by atoms with Crippen molar-refractivity contribution in [1.82, 2.24) is 4.57 Å². The van der Waals surface area contributed by atoms with E-state index >= 15 is 0 Å². The van der Waals surface area contributed by atoms with Crippen LogP contribution in [0.1, 0.15) is 36.6 Å². The fraction of sp³-hybridized carbons (Fsp3) is 0.242. The van der Waals surface area contributed by atoms with Gasteiger partial charge in [0.15, 0.2) is 27.8 Å². The van der Waals surface area contributed by atoms with Crippen LogP contribution in [0, 0.1) is 10.1 Å². The number of methoxy groups -OCH3 is 3. The minimum Gasteiger partial charge on any atom is -0.493 e. The van der Waals surface area contributed by atoms with Crippen LogP contribution in [0.15, 0.2) is 81.7 Å². The summed E-state index contributed by atoms with van der Waals surface area (Å²) in [6.45, 7) is 3.77. The number of hydrogen-bond acceptors (Lipinski definition) is 11. The smallest absolute Gasteiger partial charge is 0.338 e. The minimum atomic E-state index is -0.818. The van der Waals surface area contributed by atoms with E-state index in [9.17, 15) is 19.7 Å². The summed E-state index contributed by atoms with van der Waals surface area (Å²) in [5.74, 6) is 1.29. The Morgan fingerprint density at radius 2 is 1.65 bits per heavy atom.